The zero-order valence-corrected chi connectivity index (χ0v) is 12.2. The predicted molar refractivity (Wildman–Crippen MR) is 76.0 cm³/mol. The van der Waals surface area contributed by atoms with Crippen molar-refractivity contribution in [2.24, 2.45) is 0 Å². The van der Waals surface area contributed by atoms with Crippen LogP contribution in [-0.2, 0) is 10.0 Å². The molecule has 0 aliphatic rings. The summed E-state index contributed by atoms with van der Waals surface area (Å²) in [5, 5.41) is 2.92. The van der Waals surface area contributed by atoms with Crippen molar-refractivity contribution in [3.05, 3.63) is 35.8 Å². The van der Waals surface area contributed by atoms with Crippen molar-refractivity contribution in [1.29, 1.82) is 0 Å². The maximum atomic E-state index is 13.0. The molecule has 2 rings (SSSR count). The van der Waals surface area contributed by atoms with Gasteiger partial charge < -0.3 is 9.73 Å². The second-order valence-corrected chi connectivity index (χ2v) is 6.29. The fraction of sp³-hybridized carbons (Fsp3) is 0.308. The number of hydrogen-bond donors (Lipinski definition) is 2. The van der Waals surface area contributed by atoms with Gasteiger partial charge in [0.05, 0.1) is 5.75 Å². The monoisotopic (exact) mass is 314 g/mol. The summed E-state index contributed by atoms with van der Waals surface area (Å²) in [6.45, 7) is 1.93. The van der Waals surface area contributed by atoms with E-state index in [2.05, 4.69) is 10.0 Å². The average molecular weight is 314 g/mol. The molecule has 8 heteroatoms. The van der Waals surface area contributed by atoms with E-state index < -0.39 is 21.7 Å². The van der Waals surface area contributed by atoms with Crippen LogP contribution in [0.25, 0.3) is 11.0 Å². The van der Waals surface area contributed by atoms with Gasteiger partial charge in [0.1, 0.15) is 11.4 Å². The van der Waals surface area contributed by atoms with Crippen LogP contribution < -0.4 is 10.0 Å². The van der Waals surface area contributed by atoms with Crippen LogP contribution in [0.3, 0.4) is 0 Å². The zero-order valence-electron chi connectivity index (χ0n) is 11.3. The molecular formula is C13H15FN2O4S. The summed E-state index contributed by atoms with van der Waals surface area (Å²) in [5.74, 6) is -1.18. The number of rotatable bonds is 6. The number of sulfonamides is 1. The molecule has 0 aliphatic heterocycles. The van der Waals surface area contributed by atoms with Crippen LogP contribution in [0.2, 0.25) is 0 Å². The van der Waals surface area contributed by atoms with Crippen molar-refractivity contribution in [3.63, 3.8) is 0 Å². The topological polar surface area (TPSA) is 88.4 Å². The third-order valence-electron chi connectivity index (χ3n) is 2.72. The predicted octanol–water partition coefficient (Wildman–Crippen LogP) is 1.24. The highest BCUT2D eigenvalue weighted by molar-refractivity contribution is 7.89. The molecule has 1 aromatic carbocycles. The van der Waals surface area contributed by atoms with E-state index in [4.69, 9.17) is 4.42 Å². The number of furan rings is 1. The molecule has 0 spiro atoms. The molecule has 0 saturated carbocycles. The summed E-state index contributed by atoms with van der Waals surface area (Å²) < 4.78 is 43.4. The van der Waals surface area contributed by atoms with E-state index in [0.29, 0.717) is 17.5 Å². The van der Waals surface area contributed by atoms with Crippen LogP contribution in [0, 0.1) is 5.82 Å². The second kappa shape index (κ2) is 6.23. The van der Waals surface area contributed by atoms with Crippen LogP contribution in [-0.4, -0.2) is 33.2 Å². The number of amides is 1. The quantitative estimate of drug-likeness (QED) is 0.839. The molecular weight excluding hydrogens is 299 g/mol. The van der Waals surface area contributed by atoms with Crippen LogP contribution in [0.1, 0.15) is 17.5 Å². The molecule has 0 fully saturated rings. The van der Waals surface area contributed by atoms with Gasteiger partial charge in [-0.3, -0.25) is 4.79 Å². The molecule has 0 bridgehead atoms. The molecule has 0 radical (unpaired) electrons. The highest BCUT2D eigenvalue weighted by Crippen LogP contribution is 2.20. The number of fused-ring (bicyclic) bond motifs is 1. The van der Waals surface area contributed by atoms with Gasteiger partial charge in [-0.2, -0.15) is 0 Å². The molecule has 0 unspecified atom stereocenters. The normalized spacial score (nSPS) is 11.7. The summed E-state index contributed by atoms with van der Waals surface area (Å²) in [4.78, 5) is 11.8. The number of nitrogens with one attached hydrogen (secondary N) is 2. The van der Waals surface area contributed by atoms with Gasteiger partial charge in [0.2, 0.25) is 10.0 Å². The first-order valence-electron chi connectivity index (χ1n) is 6.36. The van der Waals surface area contributed by atoms with Gasteiger partial charge in [-0.05, 0) is 24.3 Å². The zero-order chi connectivity index (χ0) is 15.5. The van der Waals surface area contributed by atoms with Crippen LogP contribution in [0.5, 0.6) is 0 Å². The molecule has 0 atom stereocenters. The summed E-state index contributed by atoms with van der Waals surface area (Å²) >= 11 is 0. The standard InChI is InChI=1S/C13H15FN2O4S/c1-2-16-21(18,19)6-5-15-13(17)12-8-9-7-10(14)3-4-11(9)20-12/h3-4,7-8,16H,2,5-6H2,1H3,(H,15,17). The second-order valence-electron chi connectivity index (χ2n) is 4.37. The van der Waals surface area contributed by atoms with Crippen molar-refractivity contribution < 1.29 is 22.0 Å². The average Bonchev–Trinajstić information content (AvgIpc) is 2.81. The van der Waals surface area contributed by atoms with E-state index in [1.54, 1.807) is 6.92 Å². The summed E-state index contributed by atoms with van der Waals surface area (Å²) in [6, 6.07) is 5.32. The Balaban J connectivity index is 1.99. The number of benzene rings is 1. The Kier molecular flexibility index (Phi) is 4.59. The lowest BCUT2D eigenvalue weighted by atomic mass is 10.2. The smallest absolute Gasteiger partial charge is 0.287 e. The van der Waals surface area contributed by atoms with Crippen molar-refractivity contribution in [3.8, 4) is 0 Å². The summed E-state index contributed by atoms with van der Waals surface area (Å²) in [7, 11) is -3.38. The Morgan fingerprint density at radius 1 is 1.33 bits per heavy atom. The van der Waals surface area contributed by atoms with E-state index in [1.807, 2.05) is 0 Å². The summed E-state index contributed by atoms with van der Waals surface area (Å²) in [5.41, 5.74) is 0.391. The van der Waals surface area contributed by atoms with Crippen molar-refractivity contribution in [2.45, 2.75) is 6.92 Å². The van der Waals surface area contributed by atoms with Crippen molar-refractivity contribution in [1.82, 2.24) is 10.0 Å². The van der Waals surface area contributed by atoms with Crippen LogP contribution in [0.15, 0.2) is 28.7 Å². The summed E-state index contributed by atoms with van der Waals surface area (Å²) in [6.07, 6.45) is 0. The van der Waals surface area contributed by atoms with Crippen molar-refractivity contribution >= 4 is 26.9 Å². The van der Waals surface area contributed by atoms with Crippen LogP contribution in [0.4, 0.5) is 4.39 Å². The fourth-order valence-corrected chi connectivity index (χ4v) is 2.76. The maximum absolute atomic E-state index is 13.0. The molecule has 2 aromatic rings. The fourth-order valence-electron chi connectivity index (χ4n) is 1.80. The van der Waals surface area contributed by atoms with E-state index in [1.165, 1.54) is 24.3 Å². The molecule has 1 aromatic heterocycles. The molecule has 0 saturated heterocycles. The number of carbonyl (C=O) groups excluding carboxylic acids is 1. The molecule has 1 amide bonds. The van der Waals surface area contributed by atoms with Gasteiger partial charge in [0.25, 0.3) is 5.91 Å². The maximum Gasteiger partial charge on any atom is 0.287 e. The Labute approximate surface area is 121 Å². The lowest BCUT2D eigenvalue weighted by Gasteiger charge is -2.05. The Morgan fingerprint density at radius 3 is 2.81 bits per heavy atom. The van der Waals surface area contributed by atoms with Gasteiger partial charge >= 0.3 is 0 Å². The largest absolute Gasteiger partial charge is 0.451 e. The third-order valence-corrected chi connectivity index (χ3v) is 4.19. The first-order valence-corrected chi connectivity index (χ1v) is 8.01. The highest BCUT2D eigenvalue weighted by atomic mass is 32.2. The van der Waals surface area contributed by atoms with E-state index in [9.17, 15) is 17.6 Å². The Morgan fingerprint density at radius 2 is 2.10 bits per heavy atom. The minimum atomic E-state index is -3.38. The lowest BCUT2D eigenvalue weighted by molar-refractivity contribution is 0.0930. The van der Waals surface area contributed by atoms with E-state index in [0.717, 1.165) is 0 Å². The van der Waals surface area contributed by atoms with E-state index >= 15 is 0 Å². The van der Waals surface area contributed by atoms with Crippen molar-refractivity contribution in [2.75, 3.05) is 18.8 Å². The number of hydrogen-bond acceptors (Lipinski definition) is 4. The minimum Gasteiger partial charge on any atom is -0.451 e. The van der Waals surface area contributed by atoms with Gasteiger partial charge in [-0.15, -0.1) is 0 Å². The van der Waals surface area contributed by atoms with Gasteiger partial charge in [0.15, 0.2) is 5.76 Å². The number of halogens is 1. The molecule has 2 N–H and O–H groups in total. The molecule has 114 valence electrons. The van der Waals surface area contributed by atoms with E-state index in [-0.39, 0.29) is 18.1 Å². The molecule has 1 heterocycles. The molecule has 21 heavy (non-hydrogen) atoms. The lowest BCUT2D eigenvalue weighted by Crippen LogP contribution is -2.34. The highest BCUT2D eigenvalue weighted by Gasteiger charge is 2.14. The molecule has 6 nitrogen and oxygen atoms in total. The van der Waals surface area contributed by atoms with Gasteiger partial charge in [0, 0.05) is 18.5 Å². The molecule has 0 aliphatic carbocycles. The SMILES string of the molecule is CCNS(=O)(=O)CCNC(=O)c1cc2cc(F)ccc2o1. The van der Waals surface area contributed by atoms with Gasteiger partial charge in [-0.1, -0.05) is 6.92 Å². The number of carbonyl (C=O) groups is 1. The first-order chi connectivity index (χ1) is 9.91. The van der Waals surface area contributed by atoms with Gasteiger partial charge in [-0.25, -0.2) is 17.5 Å². The Bertz CT molecular complexity index is 755. The van der Waals surface area contributed by atoms with Crippen LogP contribution >= 0.6 is 0 Å². The minimum absolute atomic E-state index is 0.0106. The Hall–Kier alpha value is -1.93. The third kappa shape index (κ3) is 4.02. The first kappa shape index (κ1) is 15.5.